The third kappa shape index (κ3) is 11.8. The minimum absolute atomic E-state index is 0.0144. The molecule has 0 aromatic carbocycles. The lowest BCUT2D eigenvalue weighted by molar-refractivity contribution is -0.745. The van der Waals surface area contributed by atoms with Crippen LogP contribution >= 0.6 is 41.6 Å². The van der Waals surface area contributed by atoms with Crippen molar-refractivity contribution >= 4 is 75.7 Å². The zero-order chi connectivity index (χ0) is 53.8. The third-order valence-electron chi connectivity index (χ3n) is 11.5. The molecular weight excluding hydrogens is 1100 g/mol. The first-order chi connectivity index (χ1) is 34.7. The van der Waals surface area contributed by atoms with Crippen LogP contribution in [-0.4, -0.2) is 162 Å². The third-order valence-corrected chi connectivity index (χ3v) is 19.1. The van der Waals surface area contributed by atoms with Crippen LogP contribution in [0.3, 0.4) is 0 Å². The predicted molar refractivity (Wildman–Crippen MR) is 241 cm³/mol. The highest BCUT2D eigenvalue weighted by atomic mass is 32.7. The van der Waals surface area contributed by atoms with Crippen LogP contribution in [-0.2, 0) is 71.2 Å². The summed E-state index contributed by atoms with van der Waals surface area (Å²) in [5.41, 5.74) is 9.34. The van der Waals surface area contributed by atoms with Gasteiger partial charge in [0, 0.05) is 38.2 Å². The zero-order valence-electron chi connectivity index (χ0n) is 38.1. The second-order valence-electron chi connectivity index (χ2n) is 16.3. The van der Waals surface area contributed by atoms with Crippen molar-refractivity contribution in [2.75, 3.05) is 51.3 Å². The molecule has 0 radical (unpaired) electrons. The van der Waals surface area contributed by atoms with Gasteiger partial charge in [-0.25, -0.2) is 38.0 Å². The topological polar surface area (TPSA) is 510 Å². The van der Waals surface area contributed by atoms with E-state index in [1.54, 1.807) is 0 Å². The largest absolute Gasteiger partial charge is 0.756 e. The molecule has 0 aliphatic carbocycles. The number of methoxy groups -OCH3 is 2. The van der Waals surface area contributed by atoms with Crippen LogP contribution in [0.1, 0.15) is 18.7 Å². The molecule has 16 atom stereocenters. The van der Waals surface area contributed by atoms with Gasteiger partial charge in [-0.05, 0) is 11.4 Å². The average molecular weight is 1150 g/mol. The van der Waals surface area contributed by atoms with Gasteiger partial charge < -0.3 is 79.1 Å². The molecular formula is C33H46N12O24P4S. The van der Waals surface area contributed by atoms with Gasteiger partial charge in [0.15, 0.2) is 30.2 Å². The van der Waals surface area contributed by atoms with Crippen LogP contribution in [0.15, 0.2) is 45.6 Å². The smallest absolute Gasteiger partial charge is 0.488 e. The molecule has 36 nitrogen and oxygen atoms in total. The summed E-state index contributed by atoms with van der Waals surface area (Å²) < 4.78 is 110. The van der Waals surface area contributed by atoms with E-state index in [-0.39, 0.29) is 52.1 Å². The van der Waals surface area contributed by atoms with Gasteiger partial charge >= 0.3 is 33.8 Å². The van der Waals surface area contributed by atoms with Gasteiger partial charge in [-0.3, -0.25) is 42.3 Å². The van der Waals surface area contributed by atoms with Crippen molar-refractivity contribution in [1.29, 1.82) is 0 Å². The number of nitrogen functional groups attached to an aromatic ring is 2. The van der Waals surface area contributed by atoms with E-state index in [0.29, 0.717) is 0 Å². The van der Waals surface area contributed by atoms with Crippen LogP contribution < -0.4 is 37.7 Å². The van der Waals surface area contributed by atoms with Gasteiger partial charge in [0.2, 0.25) is 11.7 Å². The van der Waals surface area contributed by atoms with E-state index in [1.165, 1.54) is 34.2 Å². The Morgan fingerprint density at radius 1 is 0.851 bits per heavy atom. The van der Waals surface area contributed by atoms with Crippen LogP contribution in [0.25, 0.3) is 22.3 Å². The molecule has 0 saturated carbocycles. The Hall–Kier alpha value is -4.23. The predicted octanol–water partition coefficient (Wildman–Crippen LogP) is -3.89. The number of nitrogens with one attached hydrogen (secondary N) is 2. The molecule has 3 aliphatic rings. The van der Waals surface area contributed by atoms with E-state index in [0.717, 1.165) is 36.6 Å². The number of aryl methyl sites for hydroxylation is 1. The van der Waals surface area contributed by atoms with Crippen LogP contribution in [0.5, 0.6) is 0 Å². The fourth-order valence-electron chi connectivity index (χ4n) is 8.27. The van der Waals surface area contributed by atoms with Crippen LogP contribution in [0.4, 0.5) is 11.8 Å². The van der Waals surface area contributed by atoms with Crippen molar-refractivity contribution < 1.29 is 104 Å². The lowest BCUT2D eigenvalue weighted by Gasteiger charge is -2.31. The molecule has 408 valence electrons. The number of fused-ring (bicyclic) bond motifs is 2. The summed E-state index contributed by atoms with van der Waals surface area (Å²) in [4.78, 5) is 102. The minimum Gasteiger partial charge on any atom is -0.756 e. The molecule has 41 heteroatoms. The summed E-state index contributed by atoms with van der Waals surface area (Å²) in [6, 6.07) is 0.924. The Bertz CT molecular complexity index is 3270. The van der Waals surface area contributed by atoms with Crippen LogP contribution in [0.2, 0.25) is 0 Å². The second-order valence-corrected chi connectivity index (χ2v) is 24.8. The molecule has 74 heavy (non-hydrogen) atoms. The van der Waals surface area contributed by atoms with Crippen molar-refractivity contribution in [3.8, 4) is 0 Å². The number of hydrogen-bond acceptors (Lipinski definition) is 28. The van der Waals surface area contributed by atoms with E-state index >= 15 is 0 Å². The van der Waals surface area contributed by atoms with Gasteiger partial charge in [-0.2, -0.15) is 8.62 Å². The first-order valence-corrected chi connectivity index (χ1v) is 28.7. The summed E-state index contributed by atoms with van der Waals surface area (Å²) in [7, 11) is -13.6. The number of imidazole rings is 2. The molecule has 5 aromatic heterocycles. The maximum Gasteiger partial charge on any atom is 0.488 e. The number of phosphoric acid groups is 3. The number of ether oxygens (including phenoxy) is 5. The average Bonchev–Trinajstić information content (AvgIpc) is 4.10. The molecule has 5 aromatic rings. The number of nitrogens with two attached hydrogens (primary N) is 2. The fourth-order valence-corrected chi connectivity index (χ4v) is 15.2. The quantitative estimate of drug-likeness (QED) is 0.0248. The number of aromatic nitrogens is 10. The van der Waals surface area contributed by atoms with Gasteiger partial charge in [0.05, 0.1) is 45.4 Å². The van der Waals surface area contributed by atoms with Crippen molar-refractivity contribution in [1.82, 2.24) is 43.6 Å². The number of nitrogens with zero attached hydrogens (tertiary/aromatic N) is 8. The molecule has 8 heterocycles. The van der Waals surface area contributed by atoms with E-state index in [4.69, 9.17) is 48.7 Å². The lowest BCUT2D eigenvalue weighted by atomic mass is 9.99. The molecule has 12 N–H and O–H groups in total. The SMILES string of the molecule is COC[C@H]1[C@@H](O)[C@H]([n+]2cn(C)c3c(=O)[nH]c(N)nc32)O[C@@H]1COP(=O)(O)OP(=O)(O)OP(=O)(O)SC[C@H]1O[C@@H](n2cnc3c(N)ncnc32)[C@H](OC)[C@@H]1OP(=O)([O-])OC[C@H]1O[C@@H](n2ccc(=O)[nH]c2=O)[C@H](O)[C@@H]1O. The molecule has 3 aliphatic heterocycles. The first kappa shape index (κ1) is 56.0. The Morgan fingerprint density at radius 2 is 1.57 bits per heavy atom. The standard InChI is InChI=1S/C33H46N12O24P4S/c1-42-12-45(27-19(42)28(50)41-32(35)40-27)29-20(47)13(6-60-2)14(64-29)7-63-71(54,55)68-72(56,57)69-73(58,59)74-9-16-23(24(61-3)31(66-16)44-11-38-18-25(34)36-10-37-26(18)44)67-70(52,53)62-8-15-21(48)22(49)30(65-15)43-5-4-17(46)39-33(43)51/h4-5,10-16,20-24,29-31,47-49H,6-9H2,1-3H3,(H9-,34,35,36,37,39,40,41,46,50,51,52,53,54,55,56,57,58,59)/t13-,14-,15-,16-,20-,21-,22-,23-,24-,29-,30-,31-/m1/s1. The molecule has 3 fully saturated rings. The number of H-pyrrole nitrogens is 2. The highest BCUT2D eigenvalue weighted by Gasteiger charge is 2.53. The number of aliphatic hydroxyl groups is 3. The number of aliphatic hydroxyl groups excluding tert-OH is 3. The van der Waals surface area contributed by atoms with Gasteiger partial charge in [0.25, 0.3) is 24.9 Å². The van der Waals surface area contributed by atoms with Crippen molar-refractivity contribution in [3.05, 3.63) is 62.4 Å². The minimum atomic E-state index is -6.08. The van der Waals surface area contributed by atoms with Crippen molar-refractivity contribution in [2.24, 2.45) is 13.0 Å². The van der Waals surface area contributed by atoms with Gasteiger partial charge in [-0.15, -0.1) is 0 Å². The summed E-state index contributed by atoms with van der Waals surface area (Å²) in [6.07, 6.45) is -13.0. The van der Waals surface area contributed by atoms with E-state index < -0.39 is 139 Å². The monoisotopic (exact) mass is 1150 g/mol. The van der Waals surface area contributed by atoms with Gasteiger partial charge in [-0.1, -0.05) is 4.98 Å². The Morgan fingerprint density at radius 3 is 2.27 bits per heavy atom. The molecule has 0 bridgehead atoms. The van der Waals surface area contributed by atoms with E-state index in [1.807, 2.05) is 4.98 Å². The highest BCUT2D eigenvalue weighted by molar-refractivity contribution is 8.55. The Balaban J connectivity index is 0.939. The molecule has 4 unspecified atom stereocenters. The van der Waals surface area contributed by atoms with Crippen molar-refractivity contribution in [2.45, 2.75) is 67.5 Å². The maximum absolute atomic E-state index is 13.5. The van der Waals surface area contributed by atoms with Gasteiger partial charge in [0.1, 0.15) is 48.5 Å². The Labute approximate surface area is 416 Å². The maximum atomic E-state index is 13.5. The number of phosphoric ester groups is 2. The molecule has 8 rings (SSSR count). The van der Waals surface area contributed by atoms with Crippen LogP contribution in [0, 0.1) is 5.92 Å². The number of anilines is 2. The molecule has 0 amide bonds. The summed E-state index contributed by atoms with van der Waals surface area (Å²) in [5, 5.41) is 32.5. The normalized spacial score (nSPS) is 30.6. The number of hydrogen-bond donors (Lipinski definition) is 10. The zero-order valence-corrected chi connectivity index (χ0v) is 42.5. The number of aromatic amines is 2. The van der Waals surface area contributed by atoms with E-state index in [9.17, 15) is 67.5 Å². The van der Waals surface area contributed by atoms with E-state index in [2.05, 4.69) is 33.5 Å². The summed E-state index contributed by atoms with van der Waals surface area (Å²) in [6.45, 7) is -7.78. The lowest BCUT2D eigenvalue weighted by Crippen LogP contribution is -2.45. The summed E-state index contributed by atoms with van der Waals surface area (Å²) >= 11 is -0.177. The summed E-state index contributed by atoms with van der Waals surface area (Å²) in [5.74, 6) is -2.23. The molecule has 0 spiro atoms. The number of rotatable bonds is 21. The molecule has 3 saturated heterocycles. The Kier molecular flexibility index (Phi) is 16.4. The fraction of sp³-hybridized carbons (Fsp3) is 0.576. The first-order valence-electron chi connectivity index (χ1n) is 21.1. The second kappa shape index (κ2) is 21.7. The van der Waals surface area contributed by atoms with Crippen molar-refractivity contribution in [3.63, 3.8) is 0 Å². The highest BCUT2D eigenvalue weighted by Crippen LogP contribution is 2.71.